The summed E-state index contributed by atoms with van der Waals surface area (Å²) in [6, 6.07) is 8.50. The van der Waals surface area contributed by atoms with Crippen LogP contribution < -0.4 is 14.8 Å². The van der Waals surface area contributed by atoms with E-state index in [2.05, 4.69) is 5.32 Å². The fourth-order valence-electron chi connectivity index (χ4n) is 2.48. The van der Waals surface area contributed by atoms with Crippen LogP contribution in [0.4, 0.5) is 5.69 Å². The molecule has 2 rings (SSSR count). The van der Waals surface area contributed by atoms with Gasteiger partial charge in [-0.25, -0.2) is 0 Å². The predicted octanol–water partition coefficient (Wildman–Crippen LogP) is 4.09. The highest BCUT2D eigenvalue weighted by atomic mass is 16.5. The quantitative estimate of drug-likeness (QED) is 0.811. The zero-order valence-electron chi connectivity index (χ0n) is 14.6. The summed E-state index contributed by atoms with van der Waals surface area (Å²) in [6.07, 6.45) is 0. The lowest BCUT2D eigenvalue weighted by Crippen LogP contribution is -2.14. The van der Waals surface area contributed by atoms with Crippen molar-refractivity contribution in [3.05, 3.63) is 47.0 Å². The highest BCUT2D eigenvalue weighted by Gasteiger charge is 2.16. The molecule has 0 spiro atoms. The minimum absolute atomic E-state index is 0.150. The summed E-state index contributed by atoms with van der Waals surface area (Å²) in [6.45, 7) is 5.82. The Morgan fingerprint density at radius 2 is 1.83 bits per heavy atom. The summed E-state index contributed by atoms with van der Waals surface area (Å²) < 4.78 is 10.4. The number of phenols is 1. The molecule has 0 fully saturated rings. The number of benzene rings is 2. The maximum Gasteiger partial charge on any atom is 0.259 e. The number of hydrogen-bond donors (Lipinski definition) is 2. The molecule has 0 bridgehead atoms. The molecule has 0 aliphatic carbocycles. The molecule has 0 atom stereocenters. The Kier molecular flexibility index (Phi) is 5.34. The van der Waals surface area contributed by atoms with Gasteiger partial charge in [-0.15, -0.1) is 0 Å². The lowest BCUT2D eigenvalue weighted by Gasteiger charge is -2.15. The summed E-state index contributed by atoms with van der Waals surface area (Å²) in [5.41, 5.74) is 2.66. The number of aryl methyl sites for hydroxylation is 1. The van der Waals surface area contributed by atoms with Crippen molar-refractivity contribution in [3.8, 4) is 17.2 Å². The van der Waals surface area contributed by atoms with Crippen LogP contribution in [-0.2, 0) is 0 Å². The first-order chi connectivity index (χ1) is 11.4. The number of hydrogen-bond acceptors (Lipinski definition) is 4. The Bertz CT molecular complexity index is 753. The number of phenolic OH excluding ortho intramolecular Hbond substituents is 1. The third-order valence-corrected chi connectivity index (χ3v) is 3.90. The minimum Gasteiger partial charge on any atom is -0.508 e. The molecule has 2 aromatic rings. The molecule has 0 aliphatic rings. The summed E-state index contributed by atoms with van der Waals surface area (Å²) >= 11 is 0. The number of ether oxygens (including phenoxy) is 2. The maximum atomic E-state index is 12.6. The normalized spacial score (nSPS) is 10.6. The Morgan fingerprint density at radius 1 is 1.12 bits per heavy atom. The fraction of sp³-hybridized carbons (Fsp3) is 0.316. The van der Waals surface area contributed by atoms with Gasteiger partial charge >= 0.3 is 0 Å². The van der Waals surface area contributed by atoms with Crippen LogP contribution in [0.15, 0.2) is 30.3 Å². The fourth-order valence-corrected chi connectivity index (χ4v) is 2.48. The lowest BCUT2D eigenvalue weighted by atomic mass is 9.99. The van der Waals surface area contributed by atoms with Gasteiger partial charge in [0.05, 0.1) is 19.8 Å². The zero-order chi connectivity index (χ0) is 17.9. The van der Waals surface area contributed by atoms with Gasteiger partial charge in [-0.3, -0.25) is 4.79 Å². The standard InChI is InChI=1S/C19H23NO4/c1-11(2)15-10-16(12(3)8-17(15)21)20-19(22)14-7-6-13(23-4)9-18(14)24-5/h6-11,21H,1-5H3,(H,20,22). The molecule has 2 aromatic carbocycles. The van der Waals surface area contributed by atoms with Gasteiger partial charge in [-0.05, 0) is 48.2 Å². The van der Waals surface area contributed by atoms with Gasteiger partial charge < -0.3 is 19.9 Å². The maximum absolute atomic E-state index is 12.6. The van der Waals surface area contributed by atoms with Crippen LogP contribution in [-0.4, -0.2) is 25.2 Å². The van der Waals surface area contributed by atoms with Crippen molar-refractivity contribution < 1.29 is 19.4 Å². The monoisotopic (exact) mass is 329 g/mol. The van der Waals surface area contributed by atoms with Crippen molar-refractivity contribution in [2.45, 2.75) is 26.7 Å². The highest BCUT2D eigenvalue weighted by molar-refractivity contribution is 6.06. The van der Waals surface area contributed by atoms with Crippen LogP contribution in [0.2, 0.25) is 0 Å². The number of rotatable bonds is 5. The number of carbonyl (C=O) groups is 1. The third kappa shape index (κ3) is 3.62. The number of methoxy groups -OCH3 is 2. The summed E-state index contributed by atoms with van der Waals surface area (Å²) in [5, 5.41) is 12.9. The van der Waals surface area contributed by atoms with E-state index in [9.17, 15) is 9.90 Å². The van der Waals surface area contributed by atoms with Crippen LogP contribution in [0.1, 0.15) is 41.3 Å². The van der Waals surface area contributed by atoms with E-state index in [1.807, 2.05) is 26.8 Å². The summed E-state index contributed by atoms with van der Waals surface area (Å²) in [5.74, 6) is 1.16. The minimum atomic E-state index is -0.280. The second-order valence-corrected chi connectivity index (χ2v) is 5.90. The number of nitrogens with one attached hydrogen (secondary N) is 1. The van der Waals surface area contributed by atoms with Crippen molar-refractivity contribution in [2.24, 2.45) is 0 Å². The molecule has 0 radical (unpaired) electrons. The number of anilines is 1. The molecular weight excluding hydrogens is 306 g/mol. The van der Waals surface area contributed by atoms with Crippen molar-refractivity contribution in [2.75, 3.05) is 19.5 Å². The molecule has 2 N–H and O–H groups in total. The molecular formula is C19H23NO4. The molecule has 0 unspecified atom stereocenters. The van der Waals surface area contributed by atoms with Crippen molar-refractivity contribution in [1.29, 1.82) is 0 Å². The van der Waals surface area contributed by atoms with Gasteiger partial charge in [-0.2, -0.15) is 0 Å². The van der Waals surface area contributed by atoms with E-state index in [0.717, 1.165) is 11.1 Å². The van der Waals surface area contributed by atoms with Gasteiger partial charge in [0.1, 0.15) is 17.2 Å². The first-order valence-corrected chi connectivity index (χ1v) is 7.74. The number of carbonyl (C=O) groups excluding carboxylic acids is 1. The van der Waals surface area contributed by atoms with Gasteiger partial charge in [0, 0.05) is 11.8 Å². The van der Waals surface area contributed by atoms with Crippen LogP contribution in [0.5, 0.6) is 17.2 Å². The molecule has 5 heteroatoms. The molecule has 0 saturated heterocycles. The second kappa shape index (κ2) is 7.25. The number of amides is 1. The largest absolute Gasteiger partial charge is 0.508 e. The van der Waals surface area contributed by atoms with E-state index in [4.69, 9.17) is 9.47 Å². The van der Waals surface area contributed by atoms with Gasteiger partial charge in [0.25, 0.3) is 5.91 Å². The first kappa shape index (κ1) is 17.7. The van der Waals surface area contributed by atoms with Crippen LogP contribution in [0, 0.1) is 6.92 Å². The van der Waals surface area contributed by atoms with Crippen molar-refractivity contribution in [1.82, 2.24) is 0 Å². The topological polar surface area (TPSA) is 67.8 Å². The molecule has 0 heterocycles. The van der Waals surface area contributed by atoms with Crippen LogP contribution in [0.25, 0.3) is 0 Å². The third-order valence-electron chi connectivity index (χ3n) is 3.90. The second-order valence-electron chi connectivity index (χ2n) is 5.90. The highest BCUT2D eigenvalue weighted by Crippen LogP contribution is 2.32. The molecule has 128 valence electrons. The molecule has 0 saturated carbocycles. The first-order valence-electron chi connectivity index (χ1n) is 7.74. The average molecular weight is 329 g/mol. The Balaban J connectivity index is 2.35. The van der Waals surface area contributed by atoms with Crippen molar-refractivity contribution in [3.63, 3.8) is 0 Å². The molecule has 5 nitrogen and oxygen atoms in total. The van der Waals surface area contributed by atoms with E-state index in [1.165, 1.54) is 7.11 Å². The van der Waals surface area contributed by atoms with E-state index in [-0.39, 0.29) is 17.6 Å². The molecule has 0 aromatic heterocycles. The zero-order valence-corrected chi connectivity index (χ0v) is 14.6. The smallest absolute Gasteiger partial charge is 0.259 e. The number of aromatic hydroxyl groups is 1. The van der Waals surface area contributed by atoms with E-state index >= 15 is 0 Å². The lowest BCUT2D eigenvalue weighted by molar-refractivity contribution is 0.102. The SMILES string of the molecule is COc1ccc(C(=O)Nc2cc(C(C)C)c(O)cc2C)c(OC)c1. The van der Waals surface area contributed by atoms with Gasteiger partial charge in [0.15, 0.2) is 0 Å². The Morgan fingerprint density at radius 3 is 2.42 bits per heavy atom. The summed E-state index contributed by atoms with van der Waals surface area (Å²) in [4.78, 5) is 12.6. The Labute approximate surface area is 142 Å². The van der Waals surface area contributed by atoms with Crippen LogP contribution >= 0.6 is 0 Å². The average Bonchev–Trinajstić information content (AvgIpc) is 2.56. The predicted molar refractivity (Wildman–Crippen MR) is 94.4 cm³/mol. The van der Waals surface area contributed by atoms with Gasteiger partial charge in [-0.1, -0.05) is 13.8 Å². The summed E-state index contributed by atoms with van der Waals surface area (Å²) in [7, 11) is 3.07. The van der Waals surface area contributed by atoms with Crippen molar-refractivity contribution >= 4 is 11.6 Å². The van der Waals surface area contributed by atoms with E-state index in [1.54, 1.807) is 31.4 Å². The molecule has 24 heavy (non-hydrogen) atoms. The molecule has 0 aliphatic heterocycles. The van der Waals surface area contributed by atoms with E-state index < -0.39 is 0 Å². The van der Waals surface area contributed by atoms with E-state index in [0.29, 0.717) is 22.7 Å². The van der Waals surface area contributed by atoms with Gasteiger partial charge in [0.2, 0.25) is 0 Å². The van der Waals surface area contributed by atoms with Crippen LogP contribution in [0.3, 0.4) is 0 Å². The molecule has 1 amide bonds. The Hall–Kier alpha value is -2.69.